The van der Waals surface area contributed by atoms with Gasteiger partial charge in [0.05, 0.1) is 5.56 Å². The predicted molar refractivity (Wildman–Crippen MR) is 89.7 cm³/mol. The number of hydrogen-bond donors (Lipinski definition) is 1. The molecule has 0 saturated heterocycles. The third-order valence-electron chi connectivity index (χ3n) is 3.06. The molecule has 0 atom stereocenters. The lowest BCUT2D eigenvalue weighted by Gasteiger charge is -2.13. The molecule has 0 unspecified atom stereocenters. The maximum atomic E-state index is 12.7. The number of amides is 1. The smallest absolute Gasteiger partial charge is 0.322 e. The minimum absolute atomic E-state index is 0.330. The highest BCUT2D eigenvalue weighted by Gasteiger charge is 2.33. The summed E-state index contributed by atoms with van der Waals surface area (Å²) >= 11 is -1.45. The van der Waals surface area contributed by atoms with E-state index < -0.39 is 67.5 Å². The van der Waals surface area contributed by atoms with Gasteiger partial charge in [0.25, 0.3) is 5.91 Å². The maximum Gasteiger partial charge on any atom is 0.446 e. The molecule has 29 heavy (non-hydrogen) atoms. The second kappa shape index (κ2) is 8.38. The first-order chi connectivity index (χ1) is 13.1. The SMILES string of the molecule is O=C(Nc1cccc(C(F)(F)F)c1)c1cc(SC(F)(F)F)cc(SC(F)(F)F)c1. The molecule has 2 aromatic carbocycles. The lowest BCUT2D eigenvalue weighted by Crippen LogP contribution is -2.14. The van der Waals surface area contributed by atoms with Crippen LogP contribution in [0.4, 0.5) is 45.2 Å². The van der Waals surface area contributed by atoms with Crippen LogP contribution in [0.2, 0.25) is 0 Å². The molecule has 158 valence electrons. The molecule has 0 aliphatic heterocycles. The molecule has 13 heteroatoms. The average molecular weight is 465 g/mol. The van der Waals surface area contributed by atoms with Crippen LogP contribution in [0.3, 0.4) is 0 Å². The van der Waals surface area contributed by atoms with Crippen molar-refractivity contribution in [1.29, 1.82) is 0 Å². The summed E-state index contributed by atoms with van der Waals surface area (Å²) in [6.45, 7) is 0. The van der Waals surface area contributed by atoms with Crippen molar-refractivity contribution in [2.75, 3.05) is 5.32 Å². The Hall–Kier alpha value is -2.02. The van der Waals surface area contributed by atoms with Crippen LogP contribution in [-0.2, 0) is 6.18 Å². The zero-order chi connectivity index (χ0) is 22.0. The van der Waals surface area contributed by atoms with E-state index in [-0.39, 0.29) is 5.69 Å². The van der Waals surface area contributed by atoms with E-state index in [1.165, 1.54) is 0 Å². The van der Waals surface area contributed by atoms with Gasteiger partial charge in [-0.25, -0.2) is 0 Å². The van der Waals surface area contributed by atoms with E-state index in [9.17, 15) is 44.3 Å². The fourth-order valence-electron chi connectivity index (χ4n) is 2.06. The van der Waals surface area contributed by atoms with Gasteiger partial charge in [-0.05, 0) is 59.9 Å². The van der Waals surface area contributed by atoms with Gasteiger partial charge in [0.15, 0.2) is 0 Å². The van der Waals surface area contributed by atoms with Crippen LogP contribution in [0, 0.1) is 0 Å². The lowest BCUT2D eigenvalue weighted by atomic mass is 10.1. The minimum Gasteiger partial charge on any atom is -0.322 e. The Kier molecular flexibility index (Phi) is 6.72. The number of carbonyl (C=O) groups excluding carboxylic acids is 1. The normalized spacial score (nSPS) is 12.7. The van der Waals surface area contributed by atoms with Crippen molar-refractivity contribution >= 4 is 35.1 Å². The summed E-state index contributed by atoms with van der Waals surface area (Å²) in [5.74, 6) is -1.17. The van der Waals surface area contributed by atoms with Crippen molar-refractivity contribution in [3.05, 3.63) is 53.6 Å². The second-order valence-corrected chi connectivity index (χ2v) is 7.60. The molecule has 0 saturated carbocycles. The summed E-state index contributed by atoms with van der Waals surface area (Å²) in [4.78, 5) is 10.9. The third kappa shape index (κ3) is 7.72. The molecule has 0 spiro atoms. The molecule has 0 heterocycles. The number of benzene rings is 2. The van der Waals surface area contributed by atoms with Gasteiger partial charge in [0.1, 0.15) is 0 Å². The number of nitrogens with one attached hydrogen (secondary N) is 1. The first-order valence-electron chi connectivity index (χ1n) is 7.27. The minimum atomic E-state index is -4.82. The van der Waals surface area contributed by atoms with Crippen molar-refractivity contribution in [3.63, 3.8) is 0 Å². The summed E-state index contributed by atoms with van der Waals surface area (Å²) < 4.78 is 114. The fraction of sp³-hybridized carbons (Fsp3) is 0.188. The fourth-order valence-corrected chi connectivity index (χ4v) is 3.42. The standard InChI is InChI=1S/C16H8F9NOS2/c17-14(18,19)9-2-1-3-10(6-9)26-13(27)8-4-11(28-15(20,21)22)7-12(5-8)29-16(23,24)25/h1-7H,(H,26,27). The van der Waals surface area contributed by atoms with Gasteiger partial charge in [0.2, 0.25) is 0 Å². The number of anilines is 1. The van der Waals surface area contributed by atoms with Crippen LogP contribution >= 0.6 is 23.5 Å². The van der Waals surface area contributed by atoms with Gasteiger partial charge >= 0.3 is 17.2 Å². The van der Waals surface area contributed by atoms with E-state index in [1.54, 1.807) is 0 Å². The van der Waals surface area contributed by atoms with Gasteiger partial charge in [-0.1, -0.05) is 6.07 Å². The van der Waals surface area contributed by atoms with E-state index in [0.717, 1.165) is 18.2 Å². The van der Waals surface area contributed by atoms with Crippen LogP contribution in [0.5, 0.6) is 0 Å². The monoisotopic (exact) mass is 465 g/mol. The molecule has 2 aromatic rings. The van der Waals surface area contributed by atoms with Crippen LogP contribution < -0.4 is 5.32 Å². The van der Waals surface area contributed by atoms with Gasteiger partial charge in [0, 0.05) is 21.0 Å². The molecule has 2 rings (SSSR count). The molecule has 1 amide bonds. The number of carbonyl (C=O) groups is 1. The van der Waals surface area contributed by atoms with E-state index in [1.807, 2.05) is 5.32 Å². The van der Waals surface area contributed by atoms with Crippen molar-refractivity contribution in [2.24, 2.45) is 0 Å². The largest absolute Gasteiger partial charge is 0.446 e. The summed E-state index contributed by atoms with van der Waals surface area (Å²) in [7, 11) is 0. The third-order valence-corrected chi connectivity index (χ3v) is 4.46. The van der Waals surface area contributed by atoms with E-state index in [0.29, 0.717) is 24.3 Å². The van der Waals surface area contributed by atoms with Gasteiger partial charge in [-0.2, -0.15) is 39.5 Å². The highest BCUT2D eigenvalue weighted by atomic mass is 32.2. The first kappa shape index (κ1) is 23.3. The van der Waals surface area contributed by atoms with E-state index in [4.69, 9.17) is 0 Å². The van der Waals surface area contributed by atoms with Crippen molar-refractivity contribution in [2.45, 2.75) is 27.0 Å². The quantitative estimate of drug-likeness (QED) is 0.383. The maximum absolute atomic E-state index is 12.7. The first-order valence-corrected chi connectivity index (χ1v) is 8.91. The molecule has 1 N–H and O–H groups in total. The lowest BCUT2D eigenvalue weighted by molar-refractivity contribution is -0.137. The number of alkyl halides is 9. The average Bonchev–Trinajstić information content (AvgIpc) is 2.50. The molecular formula is C16H8F9NOS2. The zero-order valence-corrected chi connectivity index (χ0v) is 15.3. The summed E-state index contributed by atoms with van der Waals surface area (Å²) in [6.07, 6.45) is -4.71. The molecule has 0 aliphatic carbocycles. The van der Waals surface area contributed by atoms with Gasteiger partial charge < -0.3 is 5.32 Å². The van der Waals surface area contributed by atoms with Crippen LogP contribution in [0.15, 0.2) is 52.3 Å². The molecule has 2 nitrogen and oxygen atoms in total. The Morgan fingerprint density at radius 1 is 0.759 bits per heavy atom. The molecule has 0 aromatic heterocycles. The Morgan fingerprint density at radius 3 is 1.72 bits per heavy atom. The van der Waals surface area contributed by atoms with E-state index >= 15 is 0 Å². The summed E-state index contributed by atoms with van der Waals surface area (Å²) in [5, 5.41) is 2.03. The van der Waals surface area contributed by atoms with Crippen molar-refractivity contribution < 1.29 is 44.3 Å². The Morgan fingerprint density at radius 2 is 1.28 bits per heavy atom. The van der Waals surface area contributed by atoms with Crippen LogP contribution in [-0.4, -0.2) is 16.9 Å². The summed E-state index contributed by atoms with van der Waals surface area (Å²) in [5.41, 5.74) is -11.6. The molecule has 0 bridgehead atoms. The zero-order valence-electron chi connectivity index (χ0n) is 13.7. The summed E-state index contributed by atoms with van der Waals surface area (Å²) in [6, 6.07) is 5.39. The highest BCUT2D eigenvalue weighted by molar-refractivity contribution is 8.01. The number of halogens is 9. The van der Waals surface area contributed by atoms with Crippen molar-refractivity contribution in [1.82, 2.24) is 0 Å². The van der Waals surface area contributed by atoms with E-state index in [2.05, 4.69) is 0 Å². The molecule has 0 fully saturated rings. The second-order valence-electron chi connectivity index (χ2n) is 5.32. The van der Waals surface area contributed by atoms with Gasteiger partial charge in [-0.15, -0.1) is 0 Å². The van der Waals surface area contributed by atoms with Crippen LogP contribution in [0.25, 0.3) is 0 Å². The Labute approximate surface area is 165 Å². The predicted octanol–water partition coefficient (Wildman–Crippen LogP) is 7.18. The molecule has 0 aliphatic rings. The highest BCUT2D eigenvalue weighted by Crippen LogP contribution is 2.42. The number of rotatable bonds is 4. The van der Waals surface area contributed by atoms with Crippen molar-refractivity contribution in [3.8, 4) is 0 Å². The number of thioether (sulfide) groups is 2. The van der Waals surface area contributed by atoms with Gasteiger partial charge in [-0.3, -0.25) is 4.79 Å². The topological polar surface area (TPSA) is 29.1 Å². The number of hydrogen-bond acceptors (Lipinski definition) is 3. The Balaban J connectivity index is 2.35. The molecular weight excluding hydrogens is 457 g/mol. The Bertz CT molecular complexity index is 857. The molecule has 0 radical (unpaired) electrons. The van der Waals surface area contributed by atoms with Crippen LogP contribution in [0.1, 0.15) is 15.9 Å².